The van der Waals surface area contributed by atoms with Gasteiger partial charge in [-0.1, -0.05) is 23.5 Å². The highest BCUT2D eigenvalue weighted by atomic mass is 32.1. The van der Waals surface area contributed by atoms with Crippen molar-refractivity contribution in [2.75, 3.05) is 13.1 Å². The van der Waals surface area contributed by atoms with Crippen LogP contribution in [0.4, 0.5) is 5.69 Å². The van der Waals surface area contributed by atoms with E-state index in [1.54, 1.807) is 6.92 Å². The molecule has 0 atom stereocenters. The van der Waals surface area contributed by atoms with Gasteiger partial charge in [0.1, 0.15) is 0 Å². The predicted octanol–water partition coefficient (Wildman–Crippen LogP) is 3.48. The second-order valence-corrected chi connectivity index (χ2v) is 7.62. The zero-order valence-corrected chi connectivity index (χ0v) is 16.4. The molecule has 0 aliphatic carbocycles. The Morgan fingerprint density at radius 3 is 2.38 bits per heavy atom. The van der Waals surface area contributed by atoms with Crippen LogP contribution in [0, 0.1) is 6.92 Å². The summed E-state index contributed by atoms with van der Waals surface area (Å²) in [4.78, 5) is 32.3. The number of Topliss-reactive ketones (excluding diaryl/α,β-unsaturated/α-hetero) is 1. The van der Waals surface area contributed by atoms with Crippen LogP contribution in [-0.4, -0.2) is 34.2 Å². The first-order valence-corrected chi connectivity index (χ1v) is 9.94. The molecule has 2 aromatic rings. The summed E-state index contributed by atoms with van der Waals surface area (Å²) in [6.45, 7) is 8.16. The lowest BCUT2D eigenvalue weighted by atomic mass is 10.1. The second-order valence-electron chi connectivity index (χ2n) is 6.64. The van der Waals surface area contributed by atoms with Crippen LogP contribution in [0.25, 0.3) is 0 Å². The number of amides is 1. The molecule has 0 spiro atoms. The molecule has 1 aromatic carbocycles. The number of aromatic nitrogens is 1. The first kappa shape index (κ1) is 18.6. The smallest absolute Gasteiger partial charge is 0.226 e. The van der Waals surface area contributed by atoms with Gasteiger partial charge in [0.2, 0.25) is 5.91 Å². The number of nitrogens with zero attached hydrogens (tertiary/aromatic N) is 3. The first-order valence-electron chi connectivity index (χ1n) is 9.12. The number of thiazole rings is 1. The number of likely N-dealkylation sites (tertiary alicyclic amines) is 1. The number of rotatable bonds is 5. The van der Waals surface area contributed by atoms with Crippen LogP contribution >= 0.6 is 11.3 Å². The van der Waals surface area contributed by atoms with Gasteiger partial charge in [-0.2, -0.15) is 0 Å². The molecule has 1 fully saturated rings. The third-order valence-corrected chi connectivity index (χ3v) is 6.05. The summed E-state index contributed by atoms with van der Waals surface area (Å²) < 4.78 is 2.06. The fraction of sp³-hybridized carbons (Fsp3) is 0.450. The summed E-state index contributed by atoms with van der Waals surface area (Å²) in [7, 11) is 0. The average Bonchev–Trinajstić information content (AvgIpc) is 3.25. The fourth-order valence-corrected chi connectivity index (χ4v) is 4.43. The van der Waals surface area contributed by atoms with E-state index < -0.39 is 0 Å². The molecule has 6 heteroatoms. The van der Waals surface area contributed by atoms with Crippen molar-refractivity contribution < 1.29 is 9.59 Å². The Labute approximate surface area is 158 Å². The summed E-state index contributed by atoms with van der Waals surface area (Å²) in [6.07, 6.45) is 2.68. The highest BCUT2D eigenvalue weighted by Gasteiger charge is 2.17. The largest absolute Gasteiger partial charge is 0.342 e. The Bertz CT molecular complexity index is 871. The van der Waals surface area contributed by atoms with Gasteiger partial charge in [-0.3, -0.25) is 9.59 Å². The van der Waals surface area contributed by atoms with Crippen LogP contribution in [0.3, 0.4) is 0 Å². The van der Waals surface area contributed by atoms with Gasteiger partial charge in [0.25, 0.3) is 0 Å². The van der Waals surface area contributed by atoms with Crippen molar-refractivity contribution in [3.05, 3.63) is 45.2 Å². The minimum Gasteiger partial charge on any atom is -0.342 e. The Hall–Kier alpha value is -2.21. The Morgan fingerprint density at radius 2 is 1.81 bits per heavy atom. The maximum absolute atomic E-state index is 12.2. The van der Waals surface area contributed by atoms with Crippen molar-refractivity contribution in [3.63, 3.8) is 0 Å². The van der Waals surface area contributed by atoms with Gasteiger partial charge in [-0.25, -0.2) is 4.99 Å². The molecule has 0 bridgehead atoms. The van der Waals surface area contributed by atoms with Crippen molar-refractivity contribution in [2.24, 2.45) is 4.99 Å². The number of ketones is 1. The highest BCUT2D eigenvalue weighted by molar-refractivity contribution is 7.11. The normalized spacial score (nSPS) is 14.9. The summed E-state index contributed by atoms with van der Waals surface area (Å²) in [5.74, 6) is 0.280. The minimum absolute atomic E-state index is 0.0759. The molecule has 2 heterocycles. The van der Waals surface area contributed by atoms with E-state index in [0.717, 1.165) is 59.1 Å². The molecule has 1 aliphatic rings. The molecule has 1 aliphatic heterocycles. The topological polar surface area (TPSA) is 54.7 Å². The lowest BCUT2D eigenvalue weighted by Crippen LogP contribution is -2.28. The van der Waals surface area contributed by atoms with Gasteiger partial charge >= 0.3 is 0 Å². The van der Waals surface area contributed by atoms with Crippen molar-refractivity contribution in [1.82, 2.24) is 9.47 Å². The monoisotopic (exact) mass is 371 g/mol. The average molecular weight is 372 g/mol. The first-order chi connectivity index (χ1) is 12.5. The molecule has 0 radical (unpaired) electrons. The molecule has 0 unspecified atom stereocenters. The standard InChI is InChI=1S/C20H25N3O2S/c1-4-23-14(2)19(15(3)24)26-20(23)21-17-9-7-16(8-10-17)13-18(25)22-11-5-6-12-22/h7-10H,4-6,11-13H2,1-3H3. The maximum atomic E-state index is 12.2. The predicted molar refractivity (Wildman–Crippen MR) is 104 cm³/mol. The lowest BCUT2D eigenvalue weighted by molar-refractivity contribution is -0.129. The van der Waals surface area contributed by atoms with E-state index in [1.807, 2.05) is 36.1 Å². The molecule has 1 aromatic heterocycles. The van der Waals surface area contributed by atoms with Crippen molar-refractivity contribution in [3.8, 4) is 0 Å². The summed E-state index contributed by atoms with van der Waals surface area (Å²) in [5.41, 5.74) is 2.81. The van der Waals surface area contributed by atoms with Crippen LogP contribution < -0.4 is 4.80 Å². The molecule has 3 rings (SSSR count). The van der Waals surface area contributed by atoms with E-state index in [0.29, 0.717) is 6.42 Å². The highest BCUT2D eigenvalue weighted by Crippen LogP contribution is 2.17. The van der Waals surface area contributed by atoms with Crippen LogP contribution in [0.5, 0.6) is 0 Å². The van der Waals surface area contributed by atoms with Gasteiger partial charge in [0.15, 0.2) is 10.6 Å². The quantitative estimate of drug-likeness (QED) is 0.756. The fourth-order valence-electron chi connectivity index (χ4n) is 3.32. The van der Waals surface area contributed by atoms with Crippen LogP contribution in [0.15, 0.2) is 29.3 Å². The van der Waals surface area contributed by atoms with Crippen molar-refractivity contribution >= 4 is 28.7 Å². The molecular weight excluding hydrogens is 346 g/mol. The number of carbonyl (C=O) groups excluding carboxylic acids is 2. The minimum atomic E-state index is 0.0759. The summed E-state index contributed by atoms with van der Waals surface area (Å²) in [5, 5.41) is 0. The van der Waals surface area contributed by atoms with E-state index in [2.05, 4.69) is 11.5 Å². The van der Waals surface area contributed by atoms with Gasteiger partial charge in [0, 0.05) is 32.3 Å². The zero-order valence-electron chi connectivity index (χ0n) is 15.6. The number of hydrogen-bond acceptors (Lipinski definition) is 4. The number of hydrogen-bond donors (Lipinski definition) is 0. The molecule has 1 saturated heterocycles. The Kier molecular flexibility index (Phi) is 5.71. The lowest BCUT2D eigenvalue weighted by Gasteiger charge is -2.14. The SMILES string of the molecule is CCn1c(C)c(C(C)=O)sc1=Nc1ccc(CC(=O)N2CCCC2)cc1. The molecule has 5 nitrogen and oxygen atoms in total. The van der Waals surface area contributed by atoms with Crippen LogP contribution in [0.1, 0.15) is 47.6 Å². The zero-order chi connectivity index (χ0) is 18.7. The number of benzene rings is 1. The van der Waals surface area contributed by atoms with E-state index in [4.69, 9.17) is 4.99 Å². The van der Waals surface area contributed by atoms with Crippen molar-refractivity contribution in [1.29, 1.82) is 0 Å². The molecule has 138 valence electrons. The van der Waals surface area contributed by atoms with Gasteiger partial charge in [-0.05, 0) is 44.4 Å². The Morgan fingerprint density at radius 1 is 1.15 bits per heavy atom. The van der Waals surface area contributed by atoms with Gasteiger partial charge < -0.3 is 9.47 Å². The molecule has 0 N–H and O–H groups in total. The van der Waals surface area contributed by atoms with E-state index in [-0.39, 0.29) is 11.7 Å². The summed E-state index contributed by atoms with van der Waals surface area (Å²) in [6, 6.07) is 7.81. The third-order valence-electron chi connectivity index (χ3n) is 4.77. The van der Waals surface area contributed by atoms with E-state index in [1.165, 1.54) is 11.3 Å². The van der Waals surface area contributed by atoms with Crippen LogP contribution in [-0.2, 0) is 17.8 Å². The van der Waals surface area contributed by atoms with E-state index >= 15 is 0 Å². The van der Waals surface area contributed by atoms with E-state index in [9.17, 15) is 9.59 Å². The van der Waals surface area contributed by atoms with Crippen molar-refractivity contribution in [2.45, 2.75) is 46.6 Å². The Balaban J connectivity index is 1.80. The van der Waals surface area contributed by atoms with Gasteiger partial charge in [0.05, 0.1) is 17.0 Å². The molecular formula is C20H25N3O2S. The van der Waals surface area contributed by atoms with Gasteiger partial charge in [-0.15, -0.1) is 0 Å². The van der Waals surface area contributed by atoms with Crippen LogP contribution in [0.2, 0.25) is 0 Å². The maximum Gasteiger partial charge on any atom is 0.226 e. The number of carbonyl (C=O) groups is 2. The second kappa shape index (κ2) is 7.99. The molecule has 26 heavy (non-hydrogen) atoms. The third kappa shape index (κ3) is 3.96. The summed E-state index contributed by atoms with van der Waals surface area (Å²) >= 11 is 1.43. The molecule has 0 saturated carbocycles. The molecule has 1 amide bonds.